The predicted molar refractivity (Wildman–Crippen MR) is 218 cm³/mol. The van der Waals surface area contributed by atoms with Crippen molar-refractivity contribution >= 4 is 21.9 Å². The zero-order valence-electron chi connectivity index (χ0n) is 31.5. The molecule has 10 rings (SSSR count). The fourth-order valence-electron chi connectivity index (χ4n) is 9.93. The van der Waals surface area contributed by atoms with Gasteiger partial charge in [-0.2, -0.15) is 4.98 Å². The number of phenolic OH excluding ortho intramolecular Hbond substituents is 1. The molecular formula is C49H47N3O2. The van der Waals surface area contributed by atoms with Crippen molar-refractivity contribution in [3.05, 3.63) is 143 Å². The molecule has 4 aromatic carbocycles. The Bertz CT molecular complexity index is 2560. The van der Waals surface area contributed by atoms with Gasteiger partial charge in [-0.05, 0) is 143 Å². The Morgan fingerprint density at radius 3 is 2.26 bits per heavy atom. The molecule has 1 spiro atoms. The van der Waals surface area contributed by atoms with Crippen molar-refractivity contribution in [1.29, 1.82) is 0 Å². The predicted octanol–water partition coefficient (Wildman–Crippen LogP) is 12.0. The van der Waals surface area contributed by atoms with Crippen LogP contribution < -0.4 is 4.74 Å². The number of ether oxygens (including phenoxy) is 1. The Balaban J connectivity index is 1.09. The van der Waals surface area contributed by atoms with Crippen LogP contribution in [0.2, 0.25) is 0 Å². The van der Waals surface area contributed by atoms with Crippen LogP contribution in [0.1, 0.15) is 92.2 Å². The van der Waals surface area contributed by atoms with E-state index in [2.05, 4.69) is 98.1 Å². The van der Waals surface area contributed by atoms with Gasteiger partial charge >= 0.3 is 0 Å². The van der Waals surface area contributed by atoms with E-state index in [4.69, 9.17) is 14.7 Å². The molecule has 5 nitrogen and oxygen atoms in total. The molecule has 3 aliphatic carbocycles. The van der Waals surface area contributed by atoms with Gasteiger partial charge in [0.05, 0.1) is 5.52 Å². The minimum atomic E-state index is -0.154. The first-order chi connectivity index (χ1) is 26.2. The fourth-order valence-corrected chi connectivity index (χ4v) is 9.93. The van der Waals surface area contributed by atoms with Gasteiger partial charge in [0.25, 0.3) is 0 Å². The molecule has 5 heteroatoms. The molecule has 3 aromatic heterocycles. The summed E-state index contributed by atoms with van der Waals surface area (Å²) in [7, 11) is 0. The molecule has 0 radical (unpaired) electrons. The van der Waals surface area contributed by atoms with E-state index in [-0.39, 0.29) is 16.6 Å². The Morgan fingerprint density at radius 1 is 0.722 bits per heavy atom. The van der Waals surface area contributed by atoms with Gasteiger partial charge < -0.3 is 9.84 Å². The van der Waals surface area contributed by atoms with Crippen LogP contribution in [0.25, 0.3) is 38.9 Å². The molecule has 0 unspecified atom stereocenters. The van der Waals surface area contributed by atoms with Crippen LogP contribution in [0, 0.1) is 5.41 Å². The maximum absolute atomic E-state index is 11.1. The van der Waals surface area contributed by atoms with Crippen molar-refractivity contribution < 1.29 is 9.84 Å². The summed E-state index contributed by atoms with van der Waals surface area (Å²) in [5.74, 6) is 2.99. The Kier molecular flexibility index (Phi) is 7.73. The summed E-state index contributed by atoms with van der Waals surface area (Å²) in [5.41, 5.74) is 12.0. The molecule has 3 heterocycles. The van der Waals surface area contributed by atoms with Gasteiger partial charge in [-0.1, -0.05) is 88.6 Å². The van der Waals surface area contributed by atoms with Gasteiger partial charge in [0.2, 0.25) is 5.88 Å². The minimum Gasteiger partial charge on any atom is -0.507 e. The van der Waals surface area contributed by atoms with Crippen LogP contribution in [-0.4, -0.2) is 19.6 Å². The van der Waals surface area contributed by atoms with Gasteiger partial charge in [-0.25, -0.2) is 4.98 Å². The number of phenols is 1. The van der Waals surface area contributed by atoms with Crippen LogP contribution in [0.5, 0.6) is 17.4 Å². The SMILES string of the molecule is CC(C)(C)c1cc(Oc2cc3c(c(-c4ccccc4O)c2)CC2(Cc4ccccc4C2)C3)nc(-n2c3ccc(C4CCCCC4)cc3c3cccnc32)c1. The fraction of sp³-hybridized carbons (Fsp3) is 0.306. The topological polar surface area (TPSA) is 60.2 Å². The molecule has 3 aliphatic rings. The summed E-state index contributed by atoms with van der Waals surface area (Å²) in [6, 6.07) is 36.5. The summed E-state index contributed by atoms with van der Waals surface area (Å²) < 4.78 is 9.11. The lowest BCUT2D eigenvalue weighted by Crippen LogP contribution is -2.21. The van der Waals surface area contributed by atoms with E-state index in [1.807, 2.05) is 30.5 Å². The van der Waals surface area contributed by atoms with Gasteiger partial charge in [-0.3, -0.25) is 4.57 Å². The lowest BCUT2D eigenvalue weighted by atomic mass is 9.81. The smallest absolute Gasteiger partial charge is 0.221 e. The lowest BCUT2D eigenvalue weighted by Gasteiger charge is -2.22. The van der Waals surface area contributed by atoms with Crippen LogP contribution in [0.4, 0.5) is 0 Å². The first-order valence-corrected chi connectivity index (χ1v) is 19.8. The highest BCUT2D eigenvalue weighted by Gasteiger charge is 2.43. The van der Waals surface area contributed by atoms with E-state index >= 15 is 0 Å². The molecule has 7 aromatic rings. The van der Waals surface area contributed by atoms with Crippen molar-refractivity contribution in [2.24, 2.45) is 5.41 Å². The maximum Gasteiger partial charge on any atom is 0.221 e. The first kappa shape index (κ1) is 33.2. The average molecular weight is 710 g/mol. The van der Waals surface area contributed by atoms with Crippen LogP contribution >= 0.6 is 0 Å². The molecule has 1 saturated carbocycles. The highest BCUT2D eigenvalue weighted by molar-refractivity contribution is 6.08. The lowest BCUT2D eigenvalue weighted by molar-refractivity contribution is 0.326. The molecule has 0 bridgehead atoms. The Labute approximate surface area is 317 Å². The molecule has 0 aliphatic heterocycles. The number of aromatic nitrogens is 3. The number of hydrogen-bond donors (Lipinski definition) is 1. The number of aromatic hydroxyl groups is 1. The third-order valence-corrected chi connectivity index (χ3v) is 12.6. The second-order valence-corrected chi connectivity index (χ2v) is 17.3. The molecule has 1 fully saturated rings. The third kappa shape index (κ3) is 5.68. The van der Waals surface area contributed by atoms with Gasteiger partial charge in [-0.15, -0.1) is 0 Å². The Hall–Kier alpha value is -5.42. The van der Waals surface area contributed by atoms with E-state index in [0.717, 1.165) is 70.5 Å². The summed E-state index contributed by atoms with van der Waals surface area (Å²) in [4.78, 5) is 10.2. The van der Waals surface area contributed by atoms with Crippen molar-refractivity contribution in [2.45, 2.75) is 89.9 Å². The van der Waals surface area contributed by atoms with Gasteiger partial charge in [0.1, 0.15) is 23.0 Å². The zero-order chi connectivity index (χ0) is 36.6. The molecule has 1 N–H and O–H groups in total. The second kappa shape index (κ2) is 12.6. The van der Waals surface area contributed by atoms with Crippen LogP contribution in [0.15, 0.2) is 109 Å². The highest BCUT2D eigenvalue weighted by Crippen LogP contribution is 2.51. The third-order valence-electron chi connectivity index (χ3n) is 12.6. The monoisotopic (exact) mass is 709 g/mol. The standard InChI is InChI=1S/C49H47N3O2/c1-48(2,3)36-24-45(52-43-20-19-32(31-12-5-4-6-13-31)23-41(43)39-17-11-21-50-47(39)52)51-46(25-36)54-37-22-35-29-49(27-33-14-7-8-15-34(33)28-49)30-42(35)40(26-37)38-16-9-10-18-44(38)53/h7-11,14-26,31,53H,4-6,12-13,27-30H2,1-3H3. The molecule has 270 valence electrons. The van der Waals surface area contributed by atoms with E-state index in [1.165, 1.54) is 65.3 Å². The molecule has 54 heavy (non-hydrogen) atoms. The summed E-state index contributed by atoms with van der Waals surface area (Å²) in [6.45, 7) is 6.71. The highest BCUT2D eigenvalue weighted by atomic mass is 16.5. The van der Waals surface area contributed by atoms with Crippen LogP contribution in [0.3, 0.4) is 0 Å². The summed E-state index contributed by atoms with van der Waals surface area (Å²) in [5, 5.41) is 13.5. The van der Waals surface area contributed by atoms with E-state index in [1.54, 1.807) is 6.07 Å². The van der Waals surface area contributed by atoms with Crippen LogP contribution in [-0.2, 0) is 31.1 Å². The molecule has 0 atom stereocenters. The van der Waals surface area contributed by atoms with Crippen molar-refractivity contribution in [1.82, 2.24) is 14.5 Å². The summed E-state index contributed by atoms with van der Waals surface area (Å²) in [6.07, 6.45) is 12.5. The van der Waals surface area contributed by atoms with Crippen molar-refractivity contribution in [3.63, 3.8) is 0 Å². The number of hydrogen-bond acceptors (Lipinski definition) is 4. The van der Waals surface area contributed by atoms with E-state index in [0.29, 0.717) is 11.8 Å². The normalized spacial score (nSPS) is 16.6. The van der Waals surface area contributed by atoms with E-state index < -0.39 is 0 Å². The number of benzene rings is 4. The number of fused-ring (bicyclic) bond motifs is 5. The van der Waals surface area contributed by atoms with Gasteiger partial charge in [0, 0.05) is 28.6 Å². The quantitative estimate of drug-likeness (QED) is 0.193. The molecule has 0 amide bonds. The number of rotatable bonds is 5. The molecular weight excluding hydrogens is 663 g/mol. The first-order valence-electron chi connectivity index (χ1n) is 19.8. The molecule has 0 saturated heterocycles. The van der Waals surface area contributed by atoms with Crippen molar-refractivity contribution in [3.8, 4) is 34.3 Å². The Morgan fingerprint density at radius 2 is 1.48 bits per heavy atom. The number of pyridine rings is 2. The van der Waals surface area contributed by atoms with Crippen molar-refractivity contribution in [2.75, 3.05) is 0 Å². The van der Waals surface area contributed by atoms with E-state index in [9.17, 15) is 5.11 Å². The second-order valence-electron chi connectivity index (χ2n) is 17.3. The largest absolute Gasteiger partial charge is 0.507 e. The average Bonchev–Trinajstić information content (AvgIpc) is 3.83. The maximum atomic E-state index is 11.1. The zero-order valence-corrected chi connectivity index (χ0v) is 31.5. The minimum absolute atomic E-state index is 0.141. The number of nitrogens with zero attached hydrogens (tertiary/aromatic N) is 3. The van der Waals surface area contributed by atoms with Gasteiger partial charge in [0.15, 0.2) is 0 Å². The number of para-hydroxylation sites is 1. The summed E-state index contributed by atoms with van der Waals surface area (Å²) >= 11 is 0.